The fraction of sp³-hybridized carbons (Fsp3) is 0.200. The highest BCUT2D eigenvalue weighted by Gasteiger charge is 2.09. The Bertz CT molecular complexity index is 464. The molecular weight excluding hydrogens is 237 g/mol. The summed E-state index contributed by atoms with van der Waals surface area (Å²) in [5.74, 6) is 0. The topological polar surface area (TPSA) is 26.0 Å². The van der Waals surface area contributed by atoms with Crippen molar-refractivity contribution in [1.29, 1.82) is 0 Å². The number of benzene rings is 1. The quantitative estimate of drug-likeness (QED) is 0.858. The van der Waals surface area contributed by atoms with E-state index in [0.29, 0.717) is 6.54 Å². The molecule has 0 aliphatic carbocycles. The average molecular weight is 246 g/mol. The molecule has 0 unspecified atom stereocenters. The van der Waals surface area contributed by atoms with E-state index in [1.165, 1.54) is 4.70 Å². The van der Waals surface area contributed by atoms with E-state index in [0.717, 1.165) is 26.7 Å². The molecule has 2 N–H and O–H groups in total. The van der Waals surface area contributed by atoms with Crippen molar-refractivity contribution in [2.75, 3.05) is 6.54 Å². The van der Waals surface area contributed by atoms with Crippen LogP contribution >= 0.6 is 34.5 Å². The third kappa shape index (κ3) is 1.75. The largest absolute Gasteiger partial charge is 0.330 e. The van der Waals surface area contributed by atoms with Crippen LogP contribution in [0.25, 0.3) is 10.1 Å². The van der Waals surface area contributed by atoms with Crippen molar-refractivity contribution in [3.05, 3.63) is 33.1 Å². The minimum absolute atomic E-state index is 0.625. The van der Waals surface area contributed by atoms with Gasteiger partial charge < -0.3 is 5.73 Å². The molecule has 0 aliphatic heterocycles. The molecule has 14 heavy (non-hydrogen) atoms. The molecule has 0 saturated heterocycles. The van der Waals surface area contributed by atoms with Crippen LogP contribution in [0.5, 0.6) is 0 Å². The number of hydrogen-bond acceptors (Lipinski definition) is 2. The number of rotatable bonds is 2. The predicted molar refractivity (Wildman–Crippen MR) is 64.6 cm³/mol. The minimum Gasteiger partial charge on any atom is -0.330 e. The molecule has 74 valence electrons. The smallest absolute Gasteiger partial charge is 0.0624 e. The molecule has 4 heteroatoms. The van der Waals surface area contributed by atoms with Crippen molar-refractivity contribution in [3.63, 3.8) is 0 Å². The standard InChI is InChI=1S/C10H9Cl2NS/c11-6-1-2-8-7(5-6)10(12)9(14-8)3-4-13/h1-2,5H,3-4,13H2. The fourth-order valence-electron chi connectivity index (χ4n) is 1.38. The summed E-state index contributed by atoms with van der Waals surface area (Å²) < 4.78 is 1.17. The summed E-state index contributed by atoms with van der Waals surface area (Å²) in [6, 6.07) is 5.77. The zero-order valence-corrected chi connectivity index (χ0v) is 9.72. The SMILES string of the molecule is NCCc1sc2ccc(Cl)cc2c1Cl. The van der Waals surface area contributed by atoms with E-state index < -0.39 is 0 Å². The van der Waals surface area contributed by atoms with E-state index in [4.69, 9.17) is 28.9 Å². The highest BCUT2D eigenvalue weighted by atomic mass is 35.5. The molecule has 0 amide bonds. The Morgan fingerprint density at radius 3 is 2.79 bits per heavy atom. The first kappa shape index (κ1) is 10.2. The molecule has 0 radical (unpaired) electrons. The third-order valence-electron chi connectivity index (χ3n) is 2.03. The van der Waals surface area contributed by atoms with Crippen molar-refractivity contribution in [1.82, 2.24) is 0 Å². The molecule has 0 aliphatic rings. The molecule has 1 heterocycles. The summed E-state index contributed by atoms with van der Waals surface area (Å²) in [4.78, 5) is 1.14. The van der Waals surface area contributed by atoms with Gasteiger partial charge in [-0.05, 0) is 31.2 Å². The molecule has 0 bridgehead atoms. The van der Waals surface area contributed by atoms with Crippen LogP contribution < -0.4 is 5.73 Å². The van der Waals surface area contributed by atoms with Crippen LogP contribution in [-0.4, -0.2) is 6.54 Å². The van der Waals surface area contributed by atoms with Gasteiger partial charge in [0, 0.05) is 20.0 Å². The molecule has 1 aromatic heterocycles. The van der Waals surface area contributed by atoms with Gasteiger partial charge in [-0.1, -0.05) is 23.2 Å². The summed E-state index contributed by atoms with van der Waals surface area (Å²) in [6.45, 7) is 0.625. The van der Waals surface area contributed by atoms with Crippen LogP contribution in [-0.2, 0) is 6.42 Å². The van der Waals surface area contributed by atoms with Crippen LogP contribution in [0.1, 0.15) is 4.88 Å². The summed E-state index contributed by atoms with van der Waals surface area (Å²) in [5, 5.41) is 2.56. The normalized spacial score (nSPS) is 11.1. The molecule has 1 aromatic carbocycles. The highest BCUT2D eigenvalue weighted by Crippen LogP contribution is 2.36. The zero-order valence-electron chi connectivity index (χ0n) is 7.39. The monoisotopic (exact) mass is 245 g/mol. The van der Waals surface area contributed by atoms with Gasteiger partial charge in [-0.15, -0.1) is 11.3 Å². The van der Waals surface area contributed by atoms with Crippen LogP contribution in [0.4, 0.5) is 0 Å². The Morgan fingerprint density at radius 1 is 1.29 bits per heavy atom. The first-order chi connectivity index (χ1) is 6.72. The van der Waals surface area contributed by atoms with Gasteiger partial charge in [-0.3, -0.25) is 0 Å². The van der Waals surface area contributed by atoms with Crippen LogP contribution in [0.15, 0.2) is 18.2 Å². The Balaban J connectivity index is 2.62. The molecular formula is C10H9Cl2NS. The lowest BCUT2D eigenvalue weighted by molar-refractivity contribution is 0.989. The number of fused-ring (bicyclic) bond motifs is 1. The Labute approximate surface area is 96.4 Å². The van der Waals surface area contributed by atoms with Crippen molar-refractivity contribution in [2.24, 2.45) is 5.73 Å². The maximum Gasteiger partial charge on any atom is 0.0624 e. The van der Waals surface area contributed by atoms with Gasteiger partial charge in [-0.2, -0.15) is 0 Å². The van der Waals surface area contributed by atoms with E-state index in [1.54, 1.807) is 11.3 Å². The second kappa shape index (κ2) is 4.07. The van der Waals surface area contributed by atoms with Gasteiger partial charge in [0.25, 0.3) is 0 Å². The third-order valence-corrected chi connectivity index (χ3v) is 4.04. The first-order valence-corrected chi connectivity index (χ1v) is 5.86. The zero-order chi connectivity index (χ0) is 10.1. The van der Waals surface area contributed by atoms with E-state index in [9.17, 15) is 0 Å². The van der Waals surface area contributed by atoms with Crippen molar-refractivity contribution in [3.8, 4) is 0 Å². The van der Waals surface area contributed by atoms with Crippen molar-refractivity contribution < 1.29 is 0 Å². The maximum atomic E-state index is 6.20. The Kier molecular flexibility index (Phi) is 2.98. The van der Waals surface area contributed by atoms with E-state index in [-0.39, 0.29) is 0 Å². The maximum absolute atomic E-state index is 6.20. The molecule has 1 nitrogen and oxygen atoms in total. The summed E-state index contributed by atoms with van der Waals surface area (Å²) in [6.07, 6.45) is 0.829. The Morgan fingerprint density at radius 2 is 2.07 bits per heavy atom. The van der Waals surface area contributed by atoms with Gasteiger partial charge in [0.2, 0.25) is 0 Å². The van der Waals surface area contributed by atoms with Gasteiger partial charge in [-0.25, -0.2) is 0 Å². The van der Waals surface area contributed by atoms with E-state index >= 15 is 0 Å². The van der Waals surface area contributed by atoms with E-state index in [1.807, 2.05) is 18.2 Å². The first-order valence-electron chi connectivity index (χ1n) is 4.29. The molecule has 2 rings (SSSR count). The predicted octanol–water partition coefficient (Wildman–Crippen LogP) is 3.71. The second-order valence-electron chi connectivity index (χ2n) is 3.02. The molecule has 0 fully saturated rings. The van der Waals surface area contributed by atoms with Gasteiger partial charge in [0.15, 0.2) is 0 Å². The van der Waals surface area contributed by atoms with Crippen LogP contribution in [0.3, 0.4) is 0 Å². The fourth-order valence-corrected chi connectivity index (χ4v) is 3.07. The number of nitrogens with two attached hydrogens (primary N) is 1. The highest BCUT2D eigenvalue weighted by molar-refractivity contribution is 7.19. The molecule has 0 saturated carbocycles. The molecule has 2 aromatic rings. The van der Waals surface area contributed by atoms with E-state index in [2.05, 4.69) is 0 Å². The lowest BCUT2D eigenvalue weighted by atomic mass is 10.2. The second-order valence-corrected chi connectivity index (χ2v) is 4.97. The number of halogens is 2. The number of thiophene rings is 1. The van der Waals surface area contributed by atoms with Gasteiger partial charge in [0.1, 0.15) is 0 Å². The summed E-state index contributed by atoms with van der Waals surface area (Å²) >= 11 is 13.8. The molecule has 0 spiro atoms. The van der Waals surface area contributed by atoms with Gasteiger partial charge in [0.05, 0.1) is 5.02 Å². The van der Waals surface area contributed by atoms with Crippen LogP contribution in [0.2, 0.25) is 10.0 Å². The van der Waals surface area contributed by atoms with Gasteiger partial charge >= 0.3 is 0 Å². The summed E-state index contributed by atoms with van der Waals surface area (Å²) in [7, 11) is 0. The average Bonchev–Trinajstić information content (AvgIpc) is 2.46. The summed E-state index contributed by atoms with van der Waals surface area (Å²) in [5.41, 5.74) is 5.50. The van der Waals surface area contributed by atoms with Crippen molar-refractivity contribution in [2.45, 2.75) is 6.42 Å². The lowest BCUT2D eigenvalue weighted by Crippen LogP contribution is -2.01. The molecule has 0 atom stereocenters. The minimum atomic E-state index is 0.625. The number of hydrogen-bond donors (Lipinski definition) is 1. The lowest BCUT2D eigenvalue weighted by Gasteiger charge is -1.93. The Hall–Kier alpha value is -0.280. The van der Waals surface area contributed by atoms with Crippen LogP contribution in [0, 0.1) is 0 Å². The van der Waals surface area contributed by atoms with Crippen molar-refractivity contribution >= 4 is 44.6 Å².